The lowest BCUT2D eigenvalue weighted by atomic mass is 9.74. The van der Waals surface area contributed by atoms with Gasteiger partial charge in [0.05, 0.1) is 0 Å². The molecule has 1 aliphatic rings. The Kier molecular flexibility index (Phi) is 2.97. The van der Waals surface area contributed by atoms with Crippen molar-refractivity contribution < 1.29 is 0 Å². The Morgan fingerprint density at radius 1 is 1.18 bits per heavy atom. The maximum Gasteiger partial charge on any atom is 0.0403 e. The van der Waals surface area contributed by atoms with Crippen molar-refractivity contribution in [2.45, 2.75) is 46.0 Å². The van der Waals surface area contributed by atoms with Gasteiger partial charge in [-0.2, -0.15) is 0 Å². The smallest absolute Gasteiger partial charge is 0.0403 e. The molecule has 0 saturated carbocycles. The molecule has 2 rings (SSSR count). The van der Waals surface area contributed by atoms with Gasteiger partial charge in [-0.25, -0.2) is 0 Å². The molecule has 0 saturated heterocycles. The maximum absolute atomic E-state index is 2.43. The molecular formula is C16H25N. The van der Waals surface area contributed by atoms with Gasteiger partial charge in [0.1, 0.15) is 0 Å². The fraction of sp³-hybridized carbons (Fsp3) is 0.625. The number of likely N-dealkylation sites (N-methyl/N-ethyl adjacent to an activating group) is 1. The predicted octanol–water partition coefficient (Wildman–Crippen LogP) is 4.17. The number of rotatable bonds is 2. The summed E-state index contributed by atoms with van der Waals surface area (Å²) in [6.07, 6.45) is 0. The molecule has 0 aromatic heterocycles. The molecule has 1 heterocycles. The first-order chi connectivity index (χ1) is 7.86. The first-order valence-electron chi connectivity index (χ1n) is 6.72. The van der Waals surface area contributed by atoms with E-state index in [-0.39, 0.29) is 0 Å². The largest absolute Gasteiger partial charge is 0.373 e. The van der Waals surface area contributed by atoms with Gasteiger partial charge in [0.25, 0.3) is 0 Å². The molecular weight excluding hydrogens is 206 g/mol. The number of hydrogen-bond donors (Lipinski definition) is 0. The monoisotopic (exact) mass is 231 g/mol. The van der Waals surface area contributed by atoms with Crippen LogP contribution >= 0.6 is 0 Å². The highest BCUT2D eigenvalue weighted by molar-refractivity contribution is 5.63. The molecule has 1 aliphatic heterocycles. The zero-order valence-corrected chi connectivity index (χ0v) is 12.0. The summed E-state index contributed by atoms with van der Waals surface area (Å²) in [5.41, 5.74) is 4.73. The van der Waals surface area contributed by atoms with Crippen LogP contribution in [0.25, 0.3) is 0 Å². The van der Waals surface area contributed by atoms with Crippen LogP contribution in [0.15, 0.2) is 18.2 Å². The summed E-state index contributed by atoms with van der Waals surface area (Å²) in [6, 6.07) is 7.02. The van der Waals surface area contributed by atoms with Gasteiger partial charge in [-0.15, -0.1) is 0 Å². The van der Waals surface area contributed by atoms with Crippen molar-refractivity contribution in [1.29, 1.82) is 0 Å². The predicted molar refractivity (Wildman–Crippen MR) is 76.0 cm³/mol. The van der Waals surface area contributed by atoms with Crippen molar-refractivity contribution in [3.05, 3.63) is 29.3 Å². The molecule has 1 heteroatoms. The van der Waals surface area contributed by atoms with E-state index in [0.29, 0.717) is 17.3 Å². The van der Waals surface area contributed by atoms with Crippen molar-refractivity contribution in [2.24, 2.45) is 5.92 Å². The average molecular weight is 231 g/mol. The Labute approximate surface area is 106 Å². The molecule has 17 heavy (non-hydrogen) atoms. The number of nitrogens with zero attached hydrogens (tertiary/aromatic N) is 1. The van der Waals surface area contributed by atoms with Gasteiger partial charge in [-0.1, -0.05) is 46.8 Å². The summed E-state index contributed by atoms with van der Waals surface area (Å²) in [7, 11) is 2.21. The first-order valence-corrected chi connectivity index (χ1v) is 6.72. The Bertz CT molecular complexity index is 420. The van der Waals surface area contributed by atoms with Crippen LogP contribution < -0.4 is 4.90 Å². The van der Waals surface area contributed by atoms with Crippen LogP contribution in [0.3, 0.4) is 0 Å². The van der Waals surface area contributed by atoms with Gasteiger partial charge in [0.15, 0.2) is 0 Å². The molecule has 0 fully saturated rings. The van der Waals surface area contributed by atoms with Crippen LogP contribution in [0, 0.1) is 5.92 Å². The second-order valence-electron chi connectivity index (χ2n) is 6.36. The van der Waals surface area contributed by atoms with Crippen LogP contribution in [-0.4, -0.2) is 13.6 Å². The third-order valence-electron chi connectivity index (χ3n) is 4.55. The quantitative estimate of drug-likeness (QED) is 0.738. The van der Waals surface area contributed by atoms with Crippen LogP contribution in [0.2, 0.25) is 0 Å². The summed E-state index contributed by atoms with van der Waals surface area (Å²) in [5.74, 6) is 1.29. The molecule has 94 valence electrons. The lowest BCUT2D eigenvalue weighted by Crippen LogP contribution is -2.33. The number of fused-ring (bicyclic) bond motifs is 1. The molecule has 0 amide bonds. The minimum atomic E-state index is 0.301. The molecule has 0 spiro atoms. The Hall–Kier alpha value is -0.980. The first kappa shape index (κ1) is 12.5. The molecule has 1 atom stereocenters. The number of benzene rings is 1. The van der Waals surface area contributed by atoms with Crippen LogP contribution in [0.5, 0.6) is 0 Å². The van der Waals surface area contributed by atoms with Crippen molar-refractivity contribution in [3.8, 4) is 0 Å². The maximum atomic E-state index is 2.43. The second-order valence-corrected chi connectivity index (χ2v) is 6.36. The van der Waals surface area contributed by atoms with E-state index in [2.05, 4.69) is 64.8 Å². The van der Waals surface area contributed by atoms with Gasteiger partial charge in [0.2, 0.25) is 0 Å². The fourth-order valence-corrected chi connectivity index (χ4v) is 2.86. The van der Waals surface area contributed by atoms with Crippen molar-refractivity contribution in [2.75, 3.05) is 18.5 Å². The highest BCUT2D eigenvalue weighted by Crippen LogP contribution is 2.45. The molecule has 1 aromatic carbocycles. The van der Waals surface area contributed by atoms with Crippen LogP contribution in [0.4, 0.5) is 5.69 Å². The standard InChI is InChI=1S/C16H25N/c1-11(2)13-7-8-15-14(9-13)16(5,12(3)4)10-17(15)6/h7-9,11-12H,10H2,1-6H3. The van der Waals surface area contributed by atoms with Crippen LogP contribution in [-0.2, 0) is 5.41 Å². The zero-order valence-electron chi connectivity index (χ0n) is 12.0. The Morgan fingerprint density at radius 2 is 1.82 bits per heavy atom. The summed E-state index contributed by atoms with van der Waals surface area (Å²) in [6.45, 7) is 12.8. The number of hydrogen-bond acceptors (Lipinski definition) is 1. The minimum absolute atomic E-state index is 0.301. The molecule has 1 unspecified atom stereocenters. The Morgan fingerprint density at radius 3 is 2.35 bits per heavy atom. The molecule has 0 bridgehead atoms. The van der Waals surface area contributed by atoms with Gasteiger partial charge in [-0.3, -0.25) is 0 Å². The molecule has 0 aliphatic carbocycles. The van der Waals surface area contributed by atoms with E-state index < -0.39 is 0 Å². The normalized spacial score (nSPS) is 23.6. The third kappa shape index (κ3) is 1.86. The topological polar surface area (TPSA) is 3.24 Å². The highest BCUT2D eigenvalue weighted by atomic mass is 15.1. The van der Waals surface area contributed by atoms with Crippen molar-refractivity contribution >= 4 is 5.69 Å². The fourth-order valence-electron chi connectivity index (χ4n) is 2.86. The number of anilines is 1. The van der Waals surface area contributed by atoms with Crippen LogP contribution in [0.1, 0.15) is 51.7 Å². The molecule has 0 N–H and O–H groups in total. The molecule has 1 aromatic rings. The molecule has 1 nitrogen and oxygen atoms in total. The van der Waals surface area contributed by atoms with E-state index in [0.717, 1.165) is 6.54 Å². The van der Waals surface area contributed by atoms with Gasteiger partial charge >= 0.3 is 0 Å². The minimum Gasteiger partial charge on any atom is -0.373 e. The summed E-state index contributed by atoms with van der Waals surface area (Å²) in [5, 5.41) is 0. The van der Waals surface area contributed by atoms with E-state index in [4.69, 9.17) is 0 Å². The SMILES string of the molecule is CC(C)c1ccc2c(c1)C(C)(C(C)C)CN2C. The van der Waals surface area contributed by atoms with Crippen molar-refractivity contribution in [1.82, 2.24) is 0 Å². The average Bonchev–Trinajstić information content (AvgIpc) is 2.52. The van der Waals surface area contributed by atoms with Gasteiger partial charge in [-0.05, 0) is 29.0 Å². The van der Waals surface area contributed by atoms with Crippen molar-refractivity contribution in [3.63, 3.8) is 0 Å². The van der Waals surface area contributed by atoms with E-state index >= 15 is 0 Å². The highest BCUT2D eigenvalue weighted by Gasteiger charge is 2.39. The third-order valence-corrected chi connectivity index (χ3v) is 4.55. The lowest BCUT2D eigenvalue weighted by molar-refractivity contribution is 0.362. The molecule has 0 radical (unpaired) electrons. The van der Waals surface area contributed by atoms with Gasteiger partial charge < -0.3 is 4.90 Å². The second kappa shape index (κ2) is 4.04. The zero-order chi connectivity index (χ0) is 12.8. The summed E-state index contributed by atoms with van der Waals surface area (Å²) >= 11 is 0. The summed E-state index contributed by atoms with van der Waals surface area (Å²) < 4.78 is 0. The summed E-state index contributed by atoms with van der Waals surface area (Å²) in [4.78, 5) is 2.40. The lowest BCUT2D eigenvalue weighted by Gasteiger charge is -2.30. The van der Waals surface area contributed by atoms with Gasteiger partial charge in [0, 0.05) is 24.7 Å². The van der Waals surface area contributed by atoms with E-state index in [1.54, 1.807) is 5.56 Å². The Balaban J connectivity index is 2.54. The van der Waals surface area contributed by atoms with E-state index in [9.17, 15) is 0 Å². The van der Waals surface area contributed by atoms with E-state index in [1.165, 1.54) is 11.3 Å². The van der Waals surface area contributed by atoms with E-state index in [1.807, 2.05) is 0 Å².